The second kappa shape index (κ2) is 8.12. The van der Waals surface area contributed by atoms with Crippen LogP contribution in [0, 0.1) is 10.8 Å². The molecule has 1 atom stereocenters. The Balaban J connectivity index is 1.83. The Kier molecular flexibility index (Phi) is 6.72. The summed E-state index contributed by atoms with van der Waals surface area (Å²) in [6.07, 6.45) is 0. The Morgan fingerprint density at radius 3 is 2.68 bits per heavy atom. The van der Waals surface area contributed by atoms with Gasteiger partial charge in [-0.2, -0.15) is 0 Å². The highest BCUT2D eigenvalue weighted by molar-refractivity contribution is 8.24. The van der Waals surface area contributed by atoms with Crippen molar-refractivity contribution in [1.82, 2.24) is 4.90 Å². The van der Waals surface area contributed by atoms with Crippen molar-refractivity contribution in [3.63, 3.8) is 0 Å². The van der Waals surface area contributed by atoms with Crippen LogP contribution in [-0.4, -0.2) is 34.8 Å². The molecule has 0 N–H and O–H groups in total. The lowest BCUT2D eigenvalue weighted by Crippen LogP contribution is -2.24. The van der Waals surface area contributed by atoms with E-state index in [-0.39, 0.29) is 0 Å². The third kappa shape index (κ3) is 6.17. The Morgan fingerprint density at radius 1 is 1.36 bits per heavy atom. The van der Waals surface area contributed by atoms with E-state index in [1.54, 1.807) is 11.8 Å². The van der Waals surface area contributed by atoms with Crippen molar-refractivity contribution in [3.8, 4) is 10.8 Å². The van der Waals surface area contributed by atoms with Gasteiger partial charge in [0.1, 0.15) is 12.4 Å². The number of thioether (sulfide) groups is 2. The molecule has 1 aromatic rings. The molecular formula is C16H20ClNS3Si. The molecule has 1 aromatic carbocycles. The monoisotopic (exact) mass is 385 g/mol. The molecule has 0 aromatic heterocycles. The van der Waals surface area contributed by atoms with E-state index in [4.69, 9.17) is 23.8 Å². The minimum atomic E-state index is -1.25. The quantitative estimate of drug-likeness (QED) is 0.402. The molecule has 6 heteroatoms. The van der Waals surface area contributed by atoms with Gasteiger partial charge in [0, 0.05) is 29.1 Å². The first-order chi connectivity index (χ1) is 10.3. The summed E-state index contributed by atoms with van der Waals surface area (Å²) in [5, 5.41) is 4.59. The van der Waals surface area contributed by atoms with Gasteiger partial charge in [0.05, 0.1) is 0 Å². The number of halogens is 1. The number of hydrogen-bond acceptors (Lipinski definition) is 3. The van der Waals surface area contributed by atoms with Crippen LogP contribution in [0.5, 0.6) is 0 Å². The lowest BCUT2D eigenvalue weighted by atomic mass is 10.2. The lowest BCUT2D eigenvalue weighted by Gasteiger charge is -2.17. The molecule has 22 heavy (non-hydrogen) atoms. The Hall–Kier alpha value is -0.123. The van der Waals surface area contributed by atoms with E-state index in [1.165, 1.54) is 5.56 Å². The zero-order chi connectivity index (χ0) is 16.2. The Labute approximate surface area is 153 Å². The molecule has 0 saturated carbocycles. The second-order valence-electron chi connectivity index (χ2n) is 6.30. The smallest absolute Gasteiger partial charge is 0.137 e. The van der Waals surface area contributed by atoms with Crippen molar-refractivity contribution in [2.24, 2.45) is 0 Å². The number of nitrogens with zero attached hydrogens (tertiary/aromatic N) is 1. The average Bonchev–Trinajstić information content (AvgIpc) is 2.77. The van der Waals surface area contributed by atoms with Crippen molar-refractivity contribution in [2.75, 3.05) is 12.3 Å². The van der Waals surface area contributed by atoms with Gasteiger partial charge in [-0.1, -0.05) is 79.1 Å². The molecule has 0 bridgehead atoms. The highest BCUT2D eigenvalue weighted by Crippen LogP contribution is 2.29. The normalized spacial score (nSPS) is 18.3. The fourth-order valence-electron chi connectivity index (χ4n) is 1.92. The third-order valence-electron chi connectivity index (χ3n) is 3.00. The van der Waals surface area contributed by atoms with Gasteiger partial charge in [-0.15, -0.1) is 5.54 Å². The predicted molar refractivity (Wildman–Crippen MR) is 109 cm³/mol. The SMILES string of the molecule is C[Si](C)(C)C#CSCC1CN(Cc2ccc(Cl)cc2)C(=S)S1. The highest BCUT2D eigenvalue weighted by Gasteiger charge is 2.27. The van der Waals surface area contributed by atoms with Crippen LogP contribution >= 0.6 is 47.3 Å². The van der Waals surface area contributed by atoms with Crippen LogP contribution in [0.3, 0.4) is 0 Å². The van der Waals surface area contributed by atoms with E-state index in [2.05, 4.69) is 47.5 Å². The van der Waals surface area contributed by atoms with E-state index >= 15 is 0 Å². The van der Waals surface area contributed by atoms with Gasteiger partial charge in [0.2, 0.25) is 0 Å². The van der Waals surface area contributed by atoms with Gasteiger partial charge in [0.25, 0.3) is 0 Å². The molecule has 0 aliphatic carbocycles. The van der Waals surface area contributed by atoms with Crippen LogP contribution in [0.25, 0.3) is 0 Å². The van der Waals surface area contributed by atoms with Crippen LogP contribution in [0.1, 0.15) is 5.56 Å². The molecule has 0 amide bonds. The summed E-state index contributed by atoms with van der Waals surface area (Å²) in [5.74, 6) is 1.04. The molecule has 1 aliphatic heterocycles. The summed E-state index contributed by atoms with van der Waals surface area (Å²) < 4.78 is 0.999. The van der Waals surface area contributed by atoms with Gasteiger partial charge in [-0.05, 0) is 22.9 Å². The maximum Gasteiger partial charge on any atom is 0.137 e. The van der Waals surface area contributed by atoms with Crippen molar-refractivity contribution in [2.45, 2.75) is 31.4 Å². The molecule has 1 unspecified atom stereocenters. The van der Waals surface area contributed by atoms with Gasteiger partial charge in [0.15, 0.2) is 0 Å². The third-order valence-corrected chi connectivity index (χ3v) is 6.99. The van der Waals surface area contributed by atoms with Crippen LogP contribution in [0.4, 0.5) is 0 Å². The largest absolute Gasteiger partial charge is 0.352 e. The summed E-state index contributed by atoms with van der Waals surface area (Å²) in [5.41, 5.74) is 4.65. The highest BCUT2D eigenvalue weighted by atomic mass is 35.5. The topological polar surface area (TPSA) is 3.24 Å². The predicted octanol–water partition coefficient (Wildman–Crippen LogP) is 5.11. The fourth-order valence-corrected chi connectivity index (χ4v) is 5.79. The molecule has 1 heterocycles. The maximum atomic E-state index is 5.93. The van der Waals surface area contributed by atoms with Crippen molar-refractivity contribution in [1.29, 1.82) is 0 Å². The molecule has 1 nitrogen and oxygen atoms in total. The van der Waals surface area contributed by atoms with E-state index in [0.29, 0.717) is 5.25 Å². The minimum absolute atomic E-state index is 0.542. The Morgan fingerprint density at radius 2 is 2.05 bits per heavy atom. The molecule has 1 aliphatic rings. The summed E-state index contributed by atoms with van der Waals surface area (Å²) in [4.78, 5) is 2.28. The van der Waals surface area contributed by atoms with Gasteiger partial charge in [-0.3, -0.25) is 0 Å². The van der Waals surface area contributed by atoms with Gasteiger partial charge < -0.3 is 4.90 Å². The van der Waals surface area contributed by atoms with Crippen LogP contribution < -0.4 is 0 Å². The average molecular weight is 386 g/mol. The van der Waals surface area contributed by atoms with Gasteiger partial charge >= 0.3 is 0 Å². The fraction of sp³-hybridized carbons (Fsp3) is 0.438. The van der Waals surface area contributed by atoms with Crippen molar-refractivity contribution < 1.29 is 0 Å². The summed E-state index contributed by atoms with van der Waals surface area (Å²) in [6, 6.07) is 8.00. The van der Waals surface area contributed by atoms with Crippen molar-refractivity contribution in [3.05, 3.63) is 34.9 Å². The van der Waals surface area contributed by atoms with Crippen molar-refractivity contribution >= 4 is 59.7 Å². The van der Waals surface area contributed by atoms with Crippen LogP contribution in [0.2, 0.25) is 24.7 Å². The van der Waals surface area contributed by atoms with Crippen LogP contribution in [-0.2, 0) is 6.54 Å². The molecule has 1 fully saturated rings. The molecule has 0 radical (unpaired) electrons. The number of benzene rings is 1. The summed E-state index contributed by atoms with van der Waals surface area (Å²) >= 11 is 15.0. The summed E-state index contributed by atoms with van der Waals surface area (Å²) in [6.45, 7) is 8.69. The maximum absolute atomic E-state index is 5.93. The lowest BCUT2D eigenvalue weighted by molar-refractivity contribution is 0.444. The zero-order valence-corrected chi connectivity index (χ0v) is 17.3. The minimum Gasteiger partial charge on any atom is -0.352 e. The van der Waals surface area contributed by atoms with Gasteiger partial charge in [-0.25, -0.2) is 0 Å². The molecule has 2 rings (SSSR count). The standard InChI is InChI=1S/C16H20ClNS3Si/c1-22(2,3)9-8-20-12-15-11-18(16(19)21-15)10-13-4-6-14(17)7-5-13/h4-7,15H,10-12H2,1-3H3. The second-order valence-corrected chi connectivity index (χ2v) is 14.2. The van der Waals surface area contributed by atoms with E-state index in [1.807, 2.05) is 23.9 Å². The number of hydrogen-bond donors (Lipinski definition) is 0. The number of rotatable bonds is 4. The number of thiocarbonyl (C=S) groups is 1. The molecular weight excluding hydrogens is 366 g/mol. The van der Waals surface area contributed by atoms with E-state index in [9.17, 15) is 0 Å². The Bertz CT molecular complexity index is 586. The van der Waals surface area contributed by atoms with E-state index < -0.39 is 8.07 Å². The molecule has 118 valence electrons. The first-order valence-corrected chi connectivity index (χ1v) is 13.3. The molecule has 1 saturated heterocycles. The first-order valence-electron chi connectivity index (χ1n) is 7.17. The zero-order valence-electron chi connectivity index (χ0n) is 13.1. The first kappa shape index (κ1) is 18.2. The van der Waals surface area contributed by atoms with E-state index in [0.717, 1.165) is 28.2 Å². The van der Waals surface area contributed by atoms with Crippen LogP contribution in [0.15, 0.2) is 24.3 Å². The molecule has 0 spiro atoms. The summed E-state index contributed by atoms with van der Waals surface area (Å²) in [7, 11) is -1.25.